The van der Waals surface area contributed by atoms with Gasteiger partial charge in [-0.3, -0.25) is 0 Å². The molecule has 1 saturated carbocycles. The van der Waals surface area contributed by atoms with E-state index in [0.717, 1.165) is 0 Å². The summed E-state index contributed by atoms with van der Waals surface area (Å²) in [5.41, 5.74) is 1.05. The van der Waals surface area contributed by atoms with Crippen LogP contribution in [-0.2, 0) is 19.1 Å². The second-order valence-electron chi connectivity index (χ2n) is 7.59. The summed E-state index contributed by atoms with van der Waals surface area (Å²) < 4.78 is 11.2. The highest BCUT2D eigenvalue weighted by molar-refractivity contribution is 14.1. The summed E-state index contributed by atoms with van der Waals surface area (Å²) in [5.74, 6) is -2.19. The molecule has 8 nitrogen and oxygen atoms in total. The molecular weight excluding hydrogens is 543 g/mol. The van der Waals surface area contributed by atoms with Gasteiger partial charge in [0.25, 0.3) is 0 Å². The Kier molecular flexibility index (Phi) is 8.21. The number of esters is 2. The molecule has 33 heavy (non-hydrogen) atoms. The molecule has 0 spiro atoms. The van der Waals surface area contributed by atoms with Gasteiger partial charge in [-0.05, 0) is 60.4 Å². The monoisotopic (exact) mass is 566 g/mol. The van der Waals surface area contributed by atoms with Crippen molar-refractivity contribution in [2.24, 2.45) is 0 Å². The molecule has 2 atom stereocenters. The van der Waals surface area contributed by atoms with Gasteiger partial charge in [0.15, 0.2) is 23.0 Å². The molecule has 0 saturated heterocycles. The van der Waals surface area contributed by atoms with Crippen molar-refractivity contribution in [3.63, 3.8) is 0 Å². The average molecular weight is 566 g/mol. The molecule has 9 heteroatoms. The summed E-state index contributed by atoms with van der Waals surface area (Å²) in [5, 5.41) is 37.7. The fraction of sp³-hybridized carbons (Fsp3) is 0.250. The normalized spacial score (nSPS) is 20.7. The molecule has 4 N–H and O–H groups in total. The first-order valence-electron chi connectivity index (χ1n) is 10.1. The Bertz CT molecular complexity index is 995. The molecular formula is C24H23IO8. The molecule has 1 aliphatic carbocycles. The van der Waals surface area contributed by atoms with Crippen LogP contribution in [0.3, 0.4) is 0 Å². The lowest BCUT2D eigenvalue weighted by Gasteiger charge is -2.31. The van der Waals surface area contributed by atoms with Crippen LogP contribution >= 0.6 is 22.6 Å². The lowest BCUT2D eigenvalue weighted by atomic mass is 9.94. The number of phenols is 4. The van der Waals surface area contributed by atoms with Crippen molar-refractivity contribution < 1.29 is 39.5 Å². The van der Waals surface area contributed by atoms with Gasteiger partial charge in [-0.25, -0.2) is 9.59 Å². The molecule has 2 aromatic carbocycles. The topological polar surface area (TPSA) is 134 Å². The van der Waals surface area contributed by atoms with E-state index in [9.17, 15) is 30.0 Å². The molecule has 2 aromatic rings. The highest BCUT2D eigenvalue weighted by Crippen LogP contribution is 2.30. The van der Waals surface area contributed by atoms with Crippen LogP contribution in [0.2, 0.25) is 0 Å². The number of phenolic OH excluding ortho intramolecular Hbond substituents is 4. The van der Waals surface area contributed by atoms with Crippen LogP contribution in [-0.4, -0.2) is 48.5 Å². The fourth-order valence-corrected chi connectivity index (χ4v) is 4.50. The molecule has 0 unspecified atom stereocenters. The zero-order valence-corrected chi connectivity index (χ0v) is 19.6. The number of carbonyl (C=O) groups is 2. The van der Waals surface area contributed by atoms with Crippen LogP contribution in [0.4, 0.5) is 0 Å². The SMILES string of the molecule is O=C(/C=C/c1ccc(O)c(O)c1)O[C@@H]1CC(I)C[C@@H](OC(=O)/C=C/c2ccc(O)c(O)c2)C1. The predicted octanol–water partition coefficient (Wildman–Crippen LogP) is 4.05. The molecule has 0 radical (unpaired) electrons. The van der Waals surface area contributed by atoms with Crippen LogP contribution < -0.4 is 0 Å². The Morgan fingerprint density at radius 1 is 0.727 bits per heavy atom. The quantitative estimate of drug-likeness (QED) is 0.135. The van der Waals surface area contributed by atoms with Gasteiger partial charge in [0.2, 0.25) is 0 Å². The standard InChI is InChI=1S/C24H23IO8/c25-16-11-17(32-23(30)7-3-14-1-5-19(26)21(28)9-14)13-18(12-16)33-24(31)8-4-15-2-6-20(27)22(29)10-15/h1-10,16-18,26-29H,11-13H2/b7-3+,8-4+/t17-,18-/m1/s1. The van der Waals surface area contributed by atoms with E-state index in [1.807, 2.05) is 0 Å². The second-order valence-corrected chi connectivity index (χ2v) is 9.35. The maximum Gasteiger partial charge on any atom is 0.331 e. The third-order valence-electron chi connectivity index (χ3n) is 4.95. The summed E-state index contributed by atoms with van der Waals surface area (Å²) in [7, 11) is 0. The van der Waals surface area contributed by atoms with Gasteiger partial charge < -0.3 is 29.9 Å². The van der Waals surface area contributed by atoms with Crippen LogP contribution in [0.25, 0.3) is 12.2 Å². The highest BCUT2D eigenvalue weighted by Gasteiger charge is 2.31. The van der Waals surface area contributed by atoms with Gasteiger partial charge in [-0.15, -0.1) is 0 Å². The van der Waals surface area contributed by atoms with E-state index in [2.05, 4.69) is 22.6 Å². The Hall–Kier alpha value is -3.21. The maximum absolute atomic E-state index is 12.2. The number of aromatic hydroxyl groups is 4. The minimum Gasteiger partial charge on any atom is -0.504 e. The number of hydrogen-bond donors (Lipinski definition) is 4. The molecule has 0 aliphatic heterocycles. The molecule has 0 heterocycles. The Labute approximate surface area is 203 Å². The van der Waals surface area contributed by atoms with E-state index in [1.54, 1.807) is 12.1 Å². The van der Waals surface area contributed by atoms with E-state index in [-0.39, 0.29) is 26.9 Å². The van der Waals surface area contributed by atoms with Crippen molar-refractivity contribution in [2.45, 2.75) is 35.4 Å². The number of carbonyl (C=O) groups excluding carboxylic acids is 2. The third-order valence-corrected chi connectivity index (χ3v) is 5.97. The summed E-state index contributed by atoms with van der Waals surface area (Å²) in [6, 6.07) is 8.37. The molecule has 0 bridgehead atoms. The minimum absolute atomic E-state index is 0.156. The van der Waals surface area contributed by atoms with Crippen molar-refractivity contribution in [3.05, 3.63) is 59.7 Å². The smallest absolute Gasteiger partial charge is 0.331 e. The molecule has 1 fully saturated rings. The largest absolute Gasteiger partial charge is 0.504 e. The lowest BCUT2D eigenvalue weighted by molar-refractivity contribution is -0.151. The number of alkyl halides is 1. The zero-order chi connectivity index (χ0) is 24.0. The predicted molar refractivity (Wildman–Crippen MR) is 129 cm³/mol. The van der Waals surface area contributed by atoms with Gasteiger partial charge in [0, 0.05) is 22.5 Å². The van der Waals surface area contributed by atoms with Gasteiger partial charge in [0.05, 0.1) is 0 Å². The number of benzene rings is 2. The first-order chi connectivity index (χ1) is 15.7. The first kappa shape index (κ1) is 24.4. The van der Waals surface area contributed by atoms with Gasteiger partial charge in [-0.1, -0.05) is 34.7 Å². The Morgan fingerprint density at radius 2 is 1.15 bits per heavy atom. The average Bonchev–Trinajstić information content (AvgIpc) is 2.75. The van der Waals surface area contributed by atoms with Crippen molar-refractivity contribution in [1.82, 2.24) is 0 Å². The number of halogens is 1. The second kappa shape index (κ2) is 11.1. The van der Waals surface area contributed by atoms with Gasteiger partial charge in [0.1, 0.15) is 12.2 Å². The minimum atomic E-state index is -0.560. The molecule has 174 valence electrons. The van der Waals surface area contributed by atoms with Crippen molar-refractivity contribution >= 4 is 46.7 Å². The van der Waals surface area contributed by atoms with Gasteiger partial charge >= 0.3 is 11.9 Å². The maximum atomic E-state index is 12.2. The van der Waals surface area contributed by atoms with Crippen molar-refractivity contribution in [2.75, 3.05) is 0 Å². The van der Waals surface area contributed by atoms with E-state index in [0.29, 0.717) is 30.4 Å². The van der Waals surface area contributed by atoms with Crippen LogP contribution in [0.15, 0.2) is 48.6 Å². The molecule has 3 rings (SSSR count). The van der Waals surface area contributed by atoms with Crippen LogP contribution in [0.5, 0.6) is 23.0 Å². The third kappa shape index (κ3) is 7.41. The number of ether oxygens (including phenoxy) is 2. The molecule has 1 aliphatic rings. The van der Waals surface area contributed by atoms with Crippen molar-refractivity contribution in [3.8, 4) is 23.0 Å². The van der Waals surface area contributed by atoms with E-state index in [1.165, 1.54) is 48.6 Å². The summed E-state index contributed by atoms with van der Waals surface area (Å²) in [6.07, 6.45) is 6.22. The molecule has 0 aromatic heterocycles. The fourth-order valence-electron chi connectivity index (χ4n) is 3.37. The zero-order valence-electron chi connectivity index (χ0n) is 17.4. The summed E-state index contributed by atoms with van der Waals surface area (Å²) in [4.78, 5) is 24.4. The van der Waals surface area contributed by atoms with Crippen LogP contribution in [0, 0.1) is 0 Å². The van der Waals surface area contributed by atoms with E-state index in [4.69, 9.17) is 9.47 Å². The Balaban J connectivity index is 1.53. The summed E-state index contributed by atoms with van der Waals surface area (Å²) >= 11 is 2.23. The lowest BCUT2D eigenvalue weighted by Crippen LogP contribution is -2.35. The van der Waals surface area contributed by atoms with E-state index < -0.39 is 24.1 Å². The highest BCUT2D eigenvalue weighted by atomic mass is 127. The van der Waals surface area contributed by atoms with Gasteiger partial charge in [-0.2, -0.15) is 0 Å². The molecule has 0 amide bonds. The number of hydrogen-bond acceptors (Lipinski definition) is 8. The van der Waals surface area contributed by atoms with Crippen molar-refractivity contribution in [1.29, 1.82) is 0 Å². The van der Waals surface area contributed by atoms with E-state index >= 15 is 0 Å². The number of rotatable bonds is 6. The summed E-state index contributed by atoms with van der Waals surface area (Å²) in [6.45, 7) is 0. The van der Waals surface area contributed by atoms with Crippen LogP contribution in [0.1, 0.15) is 30.4 Å². The first-order valence-corrected chi connectivity index (χ1v) is 11.4. The Morgan fingerprint density at radius 3 is 1.55 bits per heavy atom.